The number of benzene rings is 2. The van der Waals surface area contributed by atoms with Crippen LogP contribution in [0.4, 0.5) is 5.69 Å². The van der Waals surface area contributed by atoms with E-state index in [1.54, 1.807) is 7.11 Å². The Labute approximate surface area is 213 Å². The molecule has 1 aliphatic carbocycles. The van der Waals surface area contributed by atoms with Gasteiger partial charge < -0.3 is 14.4 Å². The number of methoxy groups -OCH3 is 1. The SMILES string of the molecule is COc1ccc(N2CCN(CC(=O)c3cc(C)[nH]n3)[C@@H](Cc3ccccc3)C2)cc1OC1CCCC1. The molecule has 2 aliphatic rings. The summed E-state index contributed by atoms with van der Waals surface area (Å²) in [5.74, 6) is 1.67. The van der Waals surface area contributed by atoms with Crippen molar-refractivity contribution in [3.8, 4) is 11.5 Å². The molecule has 0 spiro atoms. The van der Waals surface area contributed by atoms with Gasteiger partial charge in [-0.3, -0.25) is 14.8 Å². The predicted molar refractivity (Wildman–Crippen MR) is 141 cm³/mol. The number of piperazine rings is 1. The van der Waals surface area contributed by atoms with Crippen molar-refractivity contribution in [1.82, 2.24) is 15.1 Å². The summed E-state index contributed by atoms with van der Waals surface area (Å²) < 4.78 is 12.0. The molecule has 1 saturated carbocycles. The smallest absolute Gasteiger partial charge is 0.196 e. The van der Waals surface area contributed by atoms with E-state index in [1.807, 2.05) is 25.1 Å². The first-order chi connectivity index (χ1) is 17.6. The van der Waals surface area contributed by atoms with E-state index in [0.717, 1.165) is 61.8 Å². The molecule has 1 aromatic heterocycles. The van der Waals surface area contributed by atoms with Gasteiger partial charge in [-0.25, -0.2) is 0 Å². The third-order valence-electron chi connectivity index (χ3n) is 7.37. The molecule has 0 unspecified atom stereocenters. The van der Waals surface area contributed by atoms with Crippen LogP contribution in [0.1, 0.15) is 47.4 Å². The van der Waals surface area contributed by atoms with Gasteiger partial charge in [-0.1, -0.05) is 30.3 Å². The van der Waals surface area contributed by atoms with Crippen LogP contribution < -0.4 is 14.4 Å². The second-order valence-electron chi connectivity index (χ2n) is 9.98. The fourth-order valence-corrected chi connectivity index (χ4v) is 5.38. The van der Waals surface area contributed by atoms with Gasteiger partial charge in [0.1, 0.15) is 5.69 Å². The van der Waals surface area contributed by atoms with Crippen LogP contribution in [0, 0.1) is 6.92 Å². The maximum atomic E-state index is 13.0. The number of anilines is 1. The lowest BCUT2D eigenvalue weighted by Gasteiger charge is -2.42. The first kappa shape index (κ1) is 24.4. The molecule has 1 N–H and O–H groups in total. The van der Waals surface area contributed by atoms with Gasteiger partial charge in [0.25, 0.3) is 0 Å². The zero-order valence-electron chi connectivity index (χ0n) is 21.3. The van der Waals surface area contributed by atoms with E-state index < -0.39 is 0 Å². The van der Waals surface area contributed by atoms with Crippen molar-refractivity contribution in [2.45, 2.75) is 51.2 Å². The minimum Gasteiger partial charge on any atom is -0.493 e. The zero-order valence-corrected chi connectivity index (χ0v) is 21.3. The number of ether oxygens (including phenoxy) is 2. The summed E-state index contributed by atoms with van der Waals surface area (Å²) in [7, 11) is 1.70. The lowest BCUT2D eigenvalue weighted by Crippen LogP contribution is -2.55. The highest BCUT2D eigenvalue weighted by atomic mass is 16.5. The molecule has 3 aromatic rings. The van der Waals surface area contributed by atoms with Crippen LogP contribution in [0.5, 0.6) is 11.5 Å². The number of ketones is 1. The lowest BCUT2D eigenvalue weighted by atomic mass is 10.0. The molecule has 5 rings (SSSR count). The number of nitrogens with one attached hydrogen (secondary N) is 1. The molecule has 190 valence electrons. The molecule has 7 heteroatoms. The average Bonchev–Trinajstić information content (AvgIpc) is 3.57. The van der Waals surface area contributed by atoms with Crippen LogP contribution in [0.3, 0.4) is 0 Å². The molecule has 36 heavy (non-hydrogen) atoms. The molecule has 0 amide bonds. The number of nitrogens with zero attached hydrogens (tertiary/aromatic N) is 3. The Morgan fingerprint density at radius 2 is 1.86 bits per heavy atom. The highest BCUT2D eigenvalue weighted by Crippen LogP contribution is 2.35. The van der Waals surface area contributed by atoms with Gasteiger partial charge in [0, 0.05) is 43.1 Å². The van der Waals surface area contributed by atoms with Crippen molar-refractivity contribution in [2.24, 2.45) is 0 Å². The Morgan fingerprint density at radius 1 is 1.06 bits per heavy atom. The van der Waals surface area contributed by atoms with Gasteiger partial charge >= 0.3 is 0 Å². The molecule has 1 atom stereocenters. The third kappa shape index (κ3) is 5.73. The number of carbonyl (C=O) groups excluding carboxylic acids is 1. The molecule has 0 bridgehead atoms. The molecule has 7 nitrogen and oxygen atoms in total. The van der Waals surface area contributed by atoms with Gasteiger partial charge in [-0.05, 0) is 62.8 Å². The Kier molecular flexibility index (Phi) is 7.56. The second-order valence-corrected chi connectivity index (χ2v) is 9.98. The number of carbonyl (C=O) groups is 1. The fourth-order valence-electron chi connectivity index (χ4n) is 5.38. The van der Waals surface area contributed by atoms with Gasteiger partial charge in [-0.2, -0.15) is 5.10 Å². The Balaban J connectivity index is 1.34. The molecular formula is C29H36N4O3. The van der Waals surface area contributed by atoms with Crippen molar-refractivity contribution in [3.05, 3.63) is 71.5 Å². The molecule has 1 saturated heterocycles. The van der Waals surface area contributed by atoms with Crippen LogP contribution in [0.15, 0.2) is 54.6 Å². The summed E-state index contributed by atoms with van der Waals surface area (Å²) in [4.78, 5) is 17.7. The minimum atomic E-state index is 0.0579. The molecular weight excluding hydrogens is 452 g/mol. The number of aromatic amines is 1. The normalized spacial score (nSPS) is 18.9. The van der Waals surface area contributed by atoms with Crippen LogP contribution in [0.25, 0.3) is 0 Å². The predicted octanol–water partition coefficient (Wildman–Crippen LogP) is 4.66. The van der Waals surface area contributed by atoms with Crippen molar-refractivity contribution in [3.63, 3.8) is 0 Å². The van der Waals surface area contributed by atoms with Crippen LogP contribution in [0.2, 0.25) is 0 Å². The summed E-state index contributed by atoms with van der Waals surface area (Å²) in [6, 6.07) is 18.8. The van der Waals surface area contributed by atoms with E-state index in [2.05, 4.69) is 56.4 Å². The highest BCUT2D eigenvalue weighted by molar-refractivity contribution is 5.95. The van der Waals surface area contributed by atoms with Crippen LogP contribution in [-0.4, -0.2) is 66.3 Å². The van der Waals surface area contributed by atoms with Gasteiger partial charge in [0.05, 0.1) is 19.8 Å². The maximum Gasteiger partial charge on any atom is 0.196 e. The Morgan fingerprint density at radius 3 is 2.58 bits per heavy atom. The van der Waals surface area contributed by atoms with E-state index in [-0.39, 0.29) is 17.9 Å². The topological polar surface area (TPSA) is 70.7 Å². The largest absolute Gasteiger partial charge is 0.493 e. The molecule has 2 aromatic carbocycles. The lowest BCUT2D eigenvalue weighted by molar-refractivity contribution is 0.0870. The molecule has 2 fully saturated rings. The van der Waals surface area contributed by atoms with Crippen molar-refractivity contribution < 1.29 is 14.3 Å². The molecule has 0 radical (unpaired) electrons. The number of aromatic nitrogens is 2. The minimum absolute atomic E-state index is 0.0579. The number of hydrogen-bond donors (Lipinski definition) is 1. The highest BCUT2D eigenvalue weighted by Gasteiger charge is 2.30. The van der Waals surface area contributed by atoms with E-state index in [9.17, 15) is 4.79 Å². The van der Waals surface area contributed by atoms with E-state index in [4.69, 9.17) is 9.47 Å². The van der Waals surface area contributed by atoms with E-state index in [0.29, 0.717) is 12.2 Å². The first-order valence-corrected chi connectivity index (χ1v) is 13.0. The monoisotopic (exact) mass is 488 g/mol. The summed E-state index contributed by atoms with van der Waals surface area (Å²) in [5, 5.41) is 7.07. The van der Waals surface area contributed by atoms with Gasteiger partial charge in [-0.15, -0.1) is 0 Å². The van der Waals surface area contributed by atoms with Crippen molar-refractivity contribution in [1.29, 1.82) is 0 Å². The standard InChI is InChI=1S/C29H36N4O3/c1-21-16-26(31-30-21)27(34)20-33-15-14-32(19-24(33)17-22-8-4-3-5-9-22)23-12-13-28(35-2)29(18-23)36-25-10-6-7-11-25/h3-5,8-9,12-13,16,18,24-25H,6-7,10-11,14-15,17,19-20H2,1-2H3,(H,30,31)/t24-/m0/s1. The van der Waals surface area contributed by atoms with E-state index in [1.165, 1.54) is 18.4 Å². The Hall–Kier alpha value is -3.32. The number of aryl methyl sites for hydroxylation is 1. The number of Topliss-reactive ketones (excluding diaryl/α,β-unsaturated/α-hetero) is 1. The summed E-state index contributed by atoms with van der Waals surface area (Å²) in [6.45, 7) is 4.76. The number of rotatable bonds is 9. The summed E-state index contributed by atoms with van der Waals surface area (Å²) in [5.41, 5.74) is 3.82. The number of H-pyrrole nitrogens is 1. The van der Waals surface area contributed by atoms with Crippen LogP contribution >= 0.6 is 0 Å². The molecule has 2 heterocycles. The quantitative estimate of drug-likeness (QED) is 0.442. The second kappa shape index (κ2) is 11.2. The third-order valence-corrected chi connectivity index (χ3v) is 7.37. The van der Waals surface area contributed by atoms with Crippen LogP contribution in [-0.2, 0) is 6.42 Å². The summed E-state index contributed by atoms with van der Waals surface area (Å²) in [6.07, 6.45) is 5.82. The van der Waals surface area contributed by atoms with E-state index >= 15 is 0 Å². The molecule has 1 aliphatic heterocycles. The Bertz CT molecular complexity index is 1160. The first-order valence-electron chi connectivity index (χ1n) is 13.0. The van der Waals surface area contributed by atoms with Crippen molar-refractivity contribution >= 4 is 11.5 Å². The fraction of sp³-hybridized carbons (Fsp3) is 0.448. The maximum absolute atomic E-state index is 13.0. The summed E-state index contributed by atoms with van der Waals surface area (Å²) >= 11 is 0. The number of hydrogen-bond acceptors (Lipinski definition) is 6. The zero-order chi connectivity index (χ0) is 24.9. The van der Waals surface area contributed by atoms with Gasteiger partial charge in [0.2, 0.25) is 0 Å². The van der Waals surface area contributed by atoms with Gasteiger partial charge in [0.15, 0.2) is 17.3 Å². The average molecular weight is 489 g/mol. The van der Waals surface area contributed by atoms with Crippen molar-refractivity contribution in [2.75, 3.05) is 38.2 Å².